The van der Waals surface area contributed by atoms with E-state index in [-0.39, 0.29) is 8.03 Å². The van der Waals surface area contributed by atoms with Crippen molar-refractivity contribution in [3.05, 3.63) is 0 Å². The van der Waals surface area contributed by atoms with Gasteiger partial charge in [0.2, 0.25) is 0 Å². The molecule has 5 heavy (non-hydrogen) atoms. The van der Waals surface area contributed by atoms with Gasteiger partial charge in [0, 0.05) is 0 Å². The molecule has 1 atom stereocenters. The van der Waals surface area contributed by atoms with Gasteiger partial charge in [-0.1, -0.05) is 0 Å². The van der Waals surface area contributed by atoms with Crippen LogP contribution >= 0.6 is 0 Å². The van der Waals surface area contributed by atoms with Crippen molar-refractivity contribution >= 4 is 0 Å². The van der Waals surface area contributed by atoms with Crippen LogP contribution in [0.5, 0.6) is 0 Å². The van der Waals surface area contributed by atoms with Gasteiger partial charge in [-0.25, -0.2) is 0 Å². The second kappa shape index (κ2) is 2.18. The highest BCUT2D eigenvalue weighted by atomic mass is 16.3. The van der Waals surface area contributed by atoms with Crippen molar-refractivity contribution in [1.29, 1.82) is 0 Å². The summed E-state index contributed by atoms with van der Waals surface area (Å²) in [5.41, 5.74) is 0. The average molecular weight is 77.1 g/mol. The topological polar surface area (TPSA) is 40.5 Å². The molecule has 2 N–H and O–H groups in total. The van der Waals surface area contributed by atoms with E-state index in [1.807, 2.05) is 0 Å². The molecular formula is C3H9O2+. The van der Waals surface area contributed by atoms with E-state index in [2.05, 4.69) is 0 Å². The van der Waals surface area contributed by atoms with Gasteiger partial charge in [0.05, 0.1) is 12.7 Å². The Balaban J connectivity index is 0. The van der Waals surface area contributed by atoms with Crippen LogP contribution in [-0.4, -0.2) is 22.9 Å². The van der Waals surface area contributed by atoms with E-state index in [1.165, 1.54) is 6.92 Å². The highest BCUT2D eigenvalue weighted by molar-refractivity contribution is 4.33. The van der Waals surface area contributed by atoms with Crippen molar-refractivity contribution in [3.63, 3.8) is 0 Å². The summed E-state index contributed by atoms with van der Waals surface area (Å²) in [5, 5.41) is 16.0. The van der Waals surface area contributed by atoms with Crippen LogP contribution < -0.4 is 0 Å². The summed E-state index contributed by atoms with van der Waals surface area (Å²) in [6.45, 7) is 1.39. The Morgan fingerprint density at radius 2 is 2.20 bits per heavy atom. The summed E-state index contributed by atoms with van der Waals surface area (Å²) in [6, 6.07) is 0. The zero-order valence-electron chi connectivity index (χ0n) is 4.18. The molecule has 0 aliphatic rings. The van der Waals surface area contributed by atoms with Gasteiger partial charge < -0.3 is 10.2 Å². The number of hydrogen-bond acceptors (Lipinski definition) is 2. The van der Waals surface area contributed by atoms with Crippen LogP contribution in [0.25, 0.3) is 0 Å². The molecule has 2 heteroatoms. The Labute approximate surface area is 32.5 Å². The van der Waals surface area contributed by atoms with Crippen LogP contribution in [0.2, 0.25) is 0 Å². The van der Waals surface area contributed by atoms with Gasteiger partial charge in [0.1, 0.15) is 0 Å². The van der Waals surface area contributed by atoms with Gasteiger partial charge in [0.15, 0.2) is 0 Å². The second-order valence-electron chi connectivity index (χ2n) is 1.03. The number of hydrogen-bond donors (Lipinski definition) is 2. The van der Waals surface area contributed by atoms with Crippen molar-refractivity contribution in [2.45, 2.75) is 13.0 Å². The minimum atomic E-state index is -0.560. The first kappa shape index (κ1) is 4.92. The third kappa shape index (κ3) is 3.92. The second-order valence-corrected chi connectivity index (χ2v) is 1.03. The van der Waals surface area contributed by atoms with Crippen LogP contribution in [0, 0.1) is 0 Å². The van der Waals surface area contributed by atoms with Gasteiger partial charge in [-0.05, 0) is 6.92 Å². The Bertz CT molecular complexity index is 22.8. The molecule has 0 fully saturated rings. The molecule has 0 aromatic rings. The van der Waals surface area contributed by atoms with Crippen molar-refractivity contribution < 1.29 is 11.6 Å². The maximum Gasteiger partial charge on any atom is 1.00 e. The Morgan fingerprint density at radius 1 is 2.00 bits per heavy atom. The summed E-state index contributed by atoms with van der Waals surface area (Å²) in [6.07, 6.45) is -0.560. The molecule has 32 valence electrons. The fourth-order valence-corrected chi connectivity index (χ4v) is 0. The van der Waals surface area contributed by atoms with E-state index in [4.69, 9.17) is 10.2 Å². The predicted molar refractivity (Wildman–Crippen MR) is 19.9 cm³/mol. The summed E-state index contributed by atoms with van der Waals surface area (Å²) in [4.78, 5) is 0. The van der Waals surface area contributed by atoms with E-state index in [0.29, 0.717) is 0 Å². The fourth-order valence-electron chi connectivity index (χ4n) is 0. The SMILES string of the molecule is C[C@H](O)CO.[H+]. The van der Waals surface area contributed by atoms with Crippen LogP contribution in [-0.2, 0) is 0 Å². The maximum absolute atomic E-state index is 8.11. The first-order valence-electron chi connectivity index (χ1n) is 1.56. The molecule has 0 rings (SSSR count). The monoisotopic (exact) mass is 77.1 g/mol. The lowest BCUT2D eigenvalue weighted by Crippen LogP contribution is -2.03. The lowest BCUT2D eigenvalue weighted by Gasteiger charge is -1.90. The molecule has 0 aromatic heterocycles. The molecule has 0 radical (unpaired) electrons. The molecule has 0 saturated carbocycles. The van der Waals surface area contributed by atoms with Crippen LogP contribution in [0.3, 0.4) is 0 Å². The average Bonchev–Trinajstić information content (AvgIpc) is 1.38. The van der Waals surface area contributed by atoms with E-state index < -0.39 is 6.10 Å². The number of aliphatic hydroxyl groups excluding tert-OH is 2. The number of aliphatic hydroxyl groups is 2. The Hall–Kier alpha value is -0.0800. The molecular weight excluding hydrogens is 68.0 g/mol. The highest BCUT2D eigenvalue weighted by Gasteiger charge is 1.83. The molecule has 0 amide bonds. The van der Waals surface area contributed by atoms with Gasteiger partial charge in [-0.3, -0.25) is 0 Å². The minimum absolute atomic E-state index is 0. The molecule has 0 heterocycles. The first-order valence-corrected chi connectivity index (χ1v) is 1.56. The largest absolute Gasteiger partial charge is 1.00 e. The fraction of sp³-hybridized carbons (Fsp3) is 1.00. The van der Waals surface area contributed by atoms with Gasteiger partial charge in [-0.2, -0.15) is 0 Å². The van der Waals surface area contributed by atoms with Gasteiger partial charge >= 0.3 is 1.43 Å². The van der Waals surface area contributed by atoms with Crippen LogP contribution in [0.15, 0.2) is 0 Å². The Kier molecular flexibility index (Phi) is 2.14. The van der Waals surface area contributed by atoms with Crippen LogP contribution in [0.4, 0.5) is 0 Å². The minimum Gasteiger partial charge on any atom is -0.394 e. The zero-order valence-corrected chi connectivity index (χ0v) is 3.18. The van der Waals surface area contributed by atoms with Crippen molar-refractivity contribution in [1.82, 2.24) is 0 Å². The highest BCUT2D eigenvalue weighted by Crippen LogP contribution is 1.68. The predicted octanol–water partition coefficient (Wildman–Crippen LogP) is -0.528. The molecule has 2 nitrogen and oxygen atoms in total. The van der Waals surface area contributed by atoms with Gasteiger partial charge in [-0.15, -0.1) is 0 Å². The summed E-state index contributed by atoms with van der Waals surface area (Å²) in [7, 11) is 0. The molecule has 0 saturated heterocycles. The third-order valence-electron chi connectivity index (χ3n) is 0.264. The van der Waals surface area contributed by atoms with E-state index in [1.54, 1.807) is 0 Å². The van der Waals surface area contributed by atoms with Crippen LogP contribution in [0.1, 0.15) is 8.35 Å². The van der Waals surface area contributed by atoms with Crippen molar-refractivity contribution in [2.75, 3.05) is 6.61 Å². The lowest BCUT2D eigenvalue weighted by atomic mass is 10.5. The molecule has 0 aliphatic heterocycles. The third-order valence-corrected chi connectivity index (χ3v) is 0.264. The van der Waals surface area contributed by atoms with E-state index >= 15 is 0 Å². The lowest BCUT2D eigenvalue weighted by molar-refractivity contribution is 0.110. The summed E-state index contributed by atoms with van der Waals surface area (Å²) < 4.78 is 0. The molecule has 0 aromatic carbocycles. The number of rotatable bonds is 1. The normalized spacial score (nSPS) is 15.0. The zero-order chi connectivity index (χ0) is 4.28. The quantitative estimate of drug-likeness (QED) is 0.442. The first-order chi connectivity index (χ1) is 2.27. The molecule has 0 aliphatic carbocycles. The summed E-state index contributed by atoms with van der Waals surface area (Å²) in [5.74, 6) is 0. The molecule has 0 spiro atoms. The summed E-state index contributed by atoms with van der Waals surface area (Å²) >= 11 is 0. The van der Waals surface area contributed by atoms with Crippen molar-refractivity contribution in [2.24, 2.45) is 0 Å². The van der Waals surface area contributed by atoms with E-state index in [9.17, 15) is 0 Å². The smallest absolute Gasteiger partial charge is 0.394 e. The van der Waals surface area contributed by atoms with Gasteiger partial charge in [0.25, 0.3) is 0 Å². The maximum atomic E-state index is 8.11. The Morgan fingerprint density at radius 3 is 2.20 bits per heavy atom. The van der Waals surface area contributed by atoms with E-state index in [0.717, 1.165) is 0 Å². The standard InChI is InChI=1S/C3H8O2/c1-3(5)2-4/h3-5H,2H2,1H3/p+1/t3-/m0/s1. The van der Waals surface area contributed by atoms with Crippen molar-refractivity contribution in [3.8, 4) is 0 Å². The molecule has 0 bridgehead atoms. The molecule has 0 unspecified atom stereocenters.